The SMILES string of the molecule is CC(C)(C)[C@@H]1N[C@H](C(=O)O)[C@H](c2cccc(Cl)c2F)[C@]1(C#N)c1ccc(Cl)cc1. The Morgan fingerprint density at radius 2 is 1.83 bits per heavy atom. The predicted molar refractivity (Wildman–Crippen MR) is 111 cm³/mol. The Bertz CT molecular complexity index is 982. The molecule has 1 heterocycles. The van der Waals surface area contributed by atoms with E-state index in [1.54, 1.807) is 30.3 Å². The van der Waals surface area contributed by atoms with Crippen LogP contribution in [0.3, 0.4) is 0 Å². The summed E-state index contributed by atoms with van der Waals surface area (Å²) < 4.78 is 15.1. The van der Waals surface area contributed by atoms with Crippen LogP contribution in [-0.4, -0.2) is 23.2 Å². The lowest BCUT2D eigenvalue weighted by molar-refractivity contribution is -0.139. The van der Waals surface area contributed by atoms with Crippen LogP contribution in [0.15, 0.2) is 42.5 Å². The molecule has 2 aromatic rings. The van der Waals surface area contributed by atoms with Gasteiger partial charge < -0.3 is 5.11 Å². The number of benzene rings is 2. The van der Waals surface area contributed by atoms with Crippen molar-refractivity contribution in [2.45, 2.75) is 44.2 Å². The third-order valence-corrected chi connectivity index (χ3v) is 6.12. The Morgan fingerprint density at radius 3 is 2.34 bits per heavy atom. The van der Waals surface area contributed by atoms with Gasteiger partial charge in [-0.05, 0) is 34.7 Å². The highest BCUT2D eigenvalue weighted by Crippen LogP contribution is 2.53. The fraction of sp³-hybridized carbons (Fsp3) is 0.364. The first-order chi connectivity index (χ1) is 13.5. The van der Waals surface area contributed by atoms with Gasteiger partial charge in [0.05, 0.1) is 11.1 Å². The second kappa shape index (κ2) is 7.60. The standard InChI is InChI=1S/C22H21Cl2FN2O2/c1-21(2,3)20-22(11-26,12-7-9-13(23)10-8-12)16(18(27-20)19(28)29)14-5-4-6-15(24)17(14)25/h4-10,16,18,20,27H,1-3H3,(H,28,29)/t16-,18-,20-,22-/m0/s1. The van der Waals surface area contributed by atoms with Crippen LogP contribution in [0.1, 0.15) is 37.8 Å². The van der Waals surface area contributed by atoms with Gasteiger partial charge in [-0.3, -0.25) is 10.1 Å². The molecule has 0 aromatic heterocycles. The Morgan fingerprint density at radius 1 is 1.21 bits per heavy atom. The maximum absolute atomic E-state index is 15.1. The van der Waals surface area contributed by atoms with E-state index in [1.807, 2.05) is 20.8 Å². The van der Waals surface area contributed by atoms with Crippen molar-refractivity contribution in [3.63, 3.8) is 0 Å². The maximum Gasteiger partial charge on any atom is 0.321 e. The summed E-state index contributed by atoms with van der Waals surface area (Å²) in [5.74, 6) is -2.88. The second-order valence-electron chi connectivity index (χ2n) is 8.39. The van der Waals surface area contributed by atoms with Crippen molar-refractivity contribution >= 4 is 29.2 Å². The molecule has 1 fully saturated rings. The number of carboxylic acid groups (broad SMARTS) is 1. The van der Waals surface area contributed by atoms with Gasteiger partial charge in [0.15, 0.2) is 0 Å². The number of rotatable bonds is 3. The number of aliphatic carboxylic acids is 1. The van der Waals surface area contributed by atoms with E-state index in [9.17, 15) is 15.2 Å². The quantitative estimate of drug-likeness (QED) is 0.700. The molecule has 1 saturated heterocycles. The van der Waals surface area contributed by atoms with E-state index in [4.69, 9.17) is 23.2 Å². The minimum absolute atomic E-state index is 0.0978. The third-order valence-electron chi connectivity index (χ3n) is 5.58. The smallest absolute Gasteiger partial charge is 0.321 e. The van der Waals surface area contributed by atoms with E-state index < -0.39 is 40.6 Å². The number of carboxylic acids is 1. The zero-order chi connectivity index (χ0) is 21.6. The zero-order valence-electron chi connectivity index (χ0n) is 16.2. The lowest BCUT2D eigenvalue weighted by atomic mass is 9.60. The summed E-state index contributed by atoms with van der Waals surface area (Å²) in [6, 6.07) is 11.8. The van der Waals surface area contributed by atoms with Crippen LogP contribution in [0.5, 0.6) is 0 Å². The normalized spacial score (nSPS) is 26.9. The number of halogens is 3. The molecule has 2 N–H and O–H groups in total. The maximum atomic E-state index is 15.1. The van der Waals surface area contributed by atoms with Crippen molar-refractivity contribution < 1.29 is 14.3 Å². The minimum atomic E-state index is -1.36. The first kappa shape index (κ1) is 21.6. The number of nitrogens with one attached hydrogen (secondary N) is 1. The topological polar surface area (TPSA) is 73.1 Å². The van der Waals surface area contributed by atoms with Crippen molar-refractivity contribution in [3.05, 3.63) is 69.5 Å². The summed E-state index contributed by atoms with van der Waals surface area (Å²) in [5.41, 5.74) is -1.20. The summed E-state index contributed by atoms with van der Waals surface area (Å²) in [7, 11) is 0. The van der Waals surface area contributed by atoms with Crippen LogP contribution in [0.2, 0.25) is 10.0 Å². The molecule has 0 bridgehead atoms. The molecule has 0 unspecified atom stereocenters. The second-order valence-corrected chi connectivity index (χ2v) is 9.23. The largest absolute Gasteiger partial charge is 0.480 e. The van der Waals surface area contributed by atoms with Crippen molar-refractivity contribution in [3.8, 4) is 6.07 Å². The zero-order valence-corrected chi connectivity index (χ0v) is 17.7. The molecule has 2 aromatic carbocycles. The average Bonchev–Trinajstić information content (AvgIpc) is 3.01. The molecule has 4 nitrogen and oxygen atoms in total. The average molecular weight is 435 g/mol. The van der Waals surface area contributed by atoms with Crippen molar-refractivity contribution in [2.24, 2.45) is 5.41 Å². The molecule has 0 aliphatic carbocycles. The number of hydrogen-bond acceptors (Lipinski definition) is 3. The van der Waals surface area contributed by atoms with Gasteiger partial charge in [0.1, 0.15) is 17.3 Å². The molecule has 0 saturated carbocycles. The fourth-order valence-corrected chi connectivity index (χ4v) is 4.76. The highest BCUT2D eigenvalue weighted by molar-refractivity contribution is 6.31. The van der Waals surface area contributed by atoms with Gasteiger partial charge in [-0.2, -0.15) is 5.26 Å². The minimum Gasteiger partial charge on any atom is -0.480 e. The van der Waals surface area contributed by atoms with Crippen LogP contribution in [-0.2, 0) is 10.2 Å². The molecule has 0 amide bonds. The Labute approximate surface area is 179 Å². The molecule has 4 atom stereocenters. The molecule has 152 valence electrons. The molecule has 3 rings (SSSR count). The van der Waals surface area contributed by atoms with E-state index in [0.717, 1.165) is 0 Å². The number of nitrogens with zero attached hydrogens (tertiary/aromatic N) is 1. The fourth-order valence-electron chi connectivity index (χ4n) is 4.45. The highest BCUT2D eigenvalue weighted by atomic mass is 35.5. The van der Waals surface area contributed by atoms with Crippen LogP contribution in [0.25, 0.3) is 0 Å². The first-order valence-corrected chi connectivity index (χ1v) is 9.89. The molecule has 1 aliphatic rings. The highest BCUT2D eigenvalue weighted by Gasteiger charge is 2.62. The van der Waals surface area contributed by atoms with E-state index in [2.05, 4.69) is 11.4 Å². The lowest BCUT2D eigenvalue weighted by Crippen LogP contribution is -2.50. The number of hydrogen-bond donors (Lipinski definition) is 2. The summed E-state index contributed by atoms with van der Waals surface area (Å²) >= 11 is 12.0. The van der Waals surface area contributed by atoms with Gasteiger partial charge in [0, 0.05) is 17.0 Å². The number of carbonyl (C=O) groups is 1. The Hall–Kier alpha value is -2.13. The molecule has 0 spiro atoms. The third kappa shape index (κ3) is 3.50. The molecule has 29 heavy (non-hydrogen) atoms. The van der Waals surface area contributed by atoms with Gasteiger partial charge in [0.2, 0.25) is 0 Å². The van der Waals surface area contributed by atoms with Crippen molar-refractivity contribution in [1.82, 2.24) is 5.32 Å². The van der Waals surface area contributed by atoms with Crippen LogP contribution < -0.4 is 5.32 Å². The molecular weight excluding hydrogens is 414 g/mol. The van der Waals surface area contributed by atoms with Crippen molar-refractivity contribution in [2.75, 3.05) is 0 Å². The van der Waals surface area contributed by atoms with E-state index in [1.165, 1.54) is 12.1 Å². The summed E-state index contributed by atoms with van der Waals surface area (Å²) in [5, 5.41) is 23.9. The lowest BCUT2D eigenvalue weighted by Gasteiger charge is -2.40. The predicted octanol–water partition coefficient (Wildman–Crippen LogP) is 5.15. The molecular formula is C22H21Cl2FN2O2. The van der Waals surface area contributed by atoms with E-state index in [-0.39, 0.29) is 10.6 Å². The number of nitriles is 1. The molecule has 0 radical (unpaired) electrons. The van der Waals surface area contributed by atoms with Gasteiger partial charge in [-0.1, -0.05) is 68.2 Å². The van der Waals surface area contributed by atoms with Crippen LogP contribution in [0, 0.1) is 22.6 Å². The van der Waals surface area contributed by atoms with Crippen LogP contribution >= 0.6 is 23.2 Å². The van der Waals surface area contributed by atoms with Gasteiger partial charge in [-0.15, -0.1) is 0 Å². The monoisotopic (exact) mass is 434 g/mol. The summed E-state index contributed by atoms with van der Waals surface area (Å²) in [4.78, 5) is 12.2. The molecule has 7 heteroatoms. The van der Waals surface area contributed by atoms with Gasteiger partial charge in [-0.25, -0.2) is 4.39 Å². The van der Waals surface area contributed by atoms with Gasteiger partial charge in [0.25, 0.3) is 0 Å². The van der Waals surface area contributed by atoms with Crippen LogP contribution in [0.4, 0.5) is 4.39 Å². The summed E-state index contributed by atoms with van der Waals surface area (Å²) in [6.07, 6.45) is 0. The summed E-state index contributed by atoms with van der Waals surface area (Å²) in [6.45, 7) is 5.76. The van der Waals surface area contributed by atoms with Crippen molar-refractivity contribution in [1.29, 1.82) is 5.26 Å². The Balaban J connectivity index is 2.38. The van der Waals surface area contributed by atoms with Gasteiger partial charge >= 0.3 is 5.97 Å². The Kier molecular flexibility index (Phi) is 5.66. The first-order valence-electron chi connectivity index (χ1n) is 9.14. The van der Waals surface area contributed by atoms with E-state index in [0.29, 0.717) is 10.6 Å². The van der Waals surface area contributed by atoms with E-state index >= 15 is 4.39 Å². The molecule has 1 aliphatic heterocycles.